The Morgan fingerprint density at radius 2 is 1.38 bits per heavy atom. The Morgan fingerprint density at radius 3 is 2.19 bits per heavy atom. The molecule has 9 rings (SSSR count). The summed E-state index contributed by atoms with van der Waals surface area (Å²) in [5, 5.41) is 7.76. The van der Waals surface area contributed by atoms with Gasteiger partial charge in [0.25, 0.3) is 0 Å². The number of aryl methyl sites for hydroxylation is 2. The molecule has 0 bridgehead atoms. The fourth-order valence-electron chi connectivity index (χ4n) is 8.58. The maximum atomic E-state index is 5.56. The largest absolute Gasteiger partial charge is 0.349 e. The lowest BCUT2D eigenvalue weighted by atomic mass is 9.84. The molecule has 1 unspecified atom stereocenters. The van der Waals surface area contributed by atoms with Crippen molar-refractivity contribution in [1.29, 1.82) is 0 Å². The molecule has 7 aromatic carbocycles. The van der Waals surface area contributed by atoms with Crippen molar-refractivity contribution in [3.05, 3.63) is 197 Å². The summed E-state index contributed by atoms with van der Waals surface area (Å²) in [6.45, 7) is 6.59. The van der Waals surface area contributed by atoms with Gasteiger partial charge >= 0.3 is 0 Å². The Balaban J connectivity index is 1.22. The van der Waals surface area contributed by atoms with Crippen LogP contribution in [0.3, 0.4) is 0 Å². The number of likely N-dealkylation sites (N-methyl/N-ethyl adjacent to an activating group) is 1. The first-order valence-electron chi connectivity index (χ1n) is 18.6. The second-order valence-electron chi connectivity index (χ2n) is 14.2. The minimum absolute atomic E-state index is 0.0332. The number of rotatable bonds is 6. The zero-order chi connectivity index (χ0) is 35.2. The predicted molar refractivity (Wildman–Crippen MR) is 223 cm³/mol. The molecule has 2 nitrogen and oxygen atoms in total. The van der Waals surface area contributed by atoms with Crippen LogP contribution in [0.2, 0.25) is 0 Å². The molecule has 0 fully saturated rings. The number of aliphatic imine (C=N–C) groups is 1. The topological polar surface area (TPSA) is 15.6 Å². The van der Waals surface area contributed by atoms with Crippen LogP contribution >= 0.6 is 0 Å². The molecular formula is C50H42N2. The summed E-state index contributed by atoms with van der Waals surface area (Å²) >= 11 is 0. The fraction of sp³-hybridized carbons (Fsp3) is 0.140. The average molecular weight is 671 g/mol. The minimum atomic E-state index is -0.0332. The summed E-state index contributed by atoms with van der Waals surface area (Å²) in [6, 6.07) is 48.8. The van der Waals surface area contributed by atoms with E-state index in [2.05, 4.69) is 177 Å². The van der Waals surface area contributed by atoms with E-state index in [4.69, 9.17) is 4.99 Å². The van der Waals surface area contributed by atoms with Crippen LogP contribution < -0.4 is 0 Å². The standard InChI is InChI=1S/C50H42N2/c1-4-15-35-16-5-8-19-39(35)33(2)34-26-28-36(29-27-34)50-51-48(46-30-37-17-6-9-20-40(37)42-22-11-13-24-44(42)46)32-49(52(50)3)47-31-38-18-7-10-21-41(38)43-23-12-14-25-45(43)47/h4-5,7-8,10-16,18-19,21-32,49H,2,6,9,17,20H2,1,3H3/b15-4-. The molecule has 7 aromatic rings. The van der Waals surface area contributed by atoms with Crippen molar-refractivity contribution in [2.75, 3.05) is 7.05 Å². The zero-order valence-electron chi connectivity index (χ0n) is 29.9. The molecule has 0 amide bonds. The van der Waals surface area contributed by atoms with Crippen LogP contribution in [0.15, 0.2) is 157 Å². The molecule has 1 aliphatic heterocycles. The van der Waals surface area contributed by atoms with Crippen LogP contribution in [-0.2, 0) is 12.8 Å². The average Bonchev–Trinajstić information content (AvgIpc) is 3.20. The molecule has 0 aromatic heterocycles. The van der Waals surface area contributed by atoms with Gasteiger partial charge in [-0.2, -0.15) is 0 Å². The van der Waals surface area contributed by atoms with Gasteiger partial charge in [-0.15, -0.1) is 0 Å². The van der Waals surface area contributed by atoms with Crippen LogP contribution in [0.4, 0.5) is 0 Å². The van der Waals surface area contributed by atoms with Crippen molar-refractivity contribution >= 4 is 55.5 Å². The fourth-order valence-corrected chi connectivity index (χ4v) is 8.58. The maximum Gasteiger partial charge on any atom is 0.137 e. The highest BCUT2D eigenvalue weighted by Gasteiger charge is 2.29. The van der Waals surface area contributed by atoms with Gasteiger partial charge < -0.3 is 4.90 Å². The van der Waals surface area contributed by atoms with Crippen molar-refractivity contribution in [1.82, 2.24) is 4.90 Å². The van der Waals surface area contributed by atoms with Gasteiger partial charge in [0.2, 0.25) is 0 Å². The van der Waals surface area contributed by atoms with Crippen LogP contribution in [0.1, 0.15) is 70.3 Å². The third kappa shape index (κ3) is 5.47. The second-order valence-corrected chi connectivity index (χ2v) is 14.2. The van der Waals surface area contributed by atoms with Gasteiger partial charge in [-0.25, -0.2) is 4.99 Å². The van der Waals surface area contributed by atoms with Gasteiger partial charge in [-0.1, -0.05) is 140 Å². The Bertz CT molecular complexity index is 2620. The lowest BCUT2D eigenvalue weighted by Crippen LogP contribution is -2.33. The molecule has 0 radical (unpaired) electrons. The van der Waals surface area contributed by atoms with E-state index >= 15 is 0 Å². The van der Waals surface area contributed by atoms with E-state index in [1.807, 2.05) is 0 Å². The highest BCUT2D eigenvalue weighted by molar-refractivity contribution is 6.11. The van der Waals surface area contributed by atoms with Crippen molar-refractivity contribution in [3.63, 3.8) is 0 Å². The summed E-state index contributed by atoms with van der Waals surface area (Å²) in [4.78, 5) is 7.93. The molecule has 0 saturated carbocycles. The van der Waals surface area contributed by atoms with E-state index in [-0.39, 0.29) is 6.04 Å². The van der Waals surface area contributed by atoms with E-state index < -0.39 is 0 Å². The summed E-state index contributed by atoms with van der Waals surface area (Å²) in [7, 11) is 2.20. The van der Waals surface area contributed by atoms with Gasteiger partial charge in [0.15, 0.2) is 0 Å². The van der Waals surface area contributed by atoms with Gasteiger partial charge in [0.1, 0.15) is 5.84 Å². The normalized spacial score (nSPS) is 16.0. The molecular weight excluding hydrogens is 629 g/mol. The number of nitrogens with zero attached hydrogens (tertiary/aromatic N) is 2. The van der Waals surface area contributed by atoms with Gasteiger partial charge in [0.05, 0.1) is 11.7 Å². The van der Waals surface area contributed by atoms with Gasteiger partial charge in [0, 0.05) is 18.2 Å². The van der Waals surface area contributed by atoms with E-state index in [1.165, 1.54) is 73.0 Å². The van der Waals surface area contributed by atoms with E-state index in [1.54, 1.807) is 0 Å². The molecule has 1 aliphatic carbocycles. The molecule has 0 saturated heterocycles. The number of allylic oxidation sites excluding steroid dienone is 1. The molecule has 252 valence electrons. The number of hydrogen-bond donors (Lipinski definition) is 0. The Morgan fingerprint density at radius 1 is 0.712 bits per heavy atom. The third-order valence-corrected chi connectivity index (χ3v) is 11.2. The Labute approximate surface area is 306 Å². The van der Waals surface area contributed by atoms with Gasteiger partial charge in [-0.3, -0.25) is 0 Å². The maximum absolute atomic E-state index is 5.56. The lowest BCUT2D eigenvalue weighted by Gasteiger charge is -2.35. The molecule has 1 atom stereocenters. The molecule has 2 heteroatoms. The summed E-state index contributed by atoms with van der Waals surface area (Å²) in [5.41, 5.74) is 12.1. The number of benzene rings is 7. The number of amidine groups is 1. The zero-order valence-corrected chi connectivity index (χ0v) is 29.9. The molecule has 0 N–H and O–H groups in total. The monoisotopic (exact) mass is 670 g/mol. The first-order valence-corrected chi connectivity index (χ1v) is 18.6. The van der Waals surface area contributed by atoms with Crippen molar-refractivity contribution in [2.45, 2.75) is 38.6 Å². The van der Waals surface area contributed by atoms with Crippen LogP contribution in [-0.4, -0.2) is 17.8 Å². The highest BCUT2D eigenvalue weighted by Crippen LogP contribution is 2.42. The Kier molecular flexibility index (Phi) is 8.16. The van der Waals surface area contributed by atoms with Crippen LogP contribution in [0.25, 0.3) is 49.7 Å². The summed E-state index contributed by atoms with van der Waals surface area (Å²) < 4.78 is 0. The summed E-state index contributed by atoms with van der Waals surface area (Å²) in [6.07, 6.45) is 11.4. The first-order chi connectivity index (χ1) is 25.6. The molecule has 1 heterocycles. The van der Waals surface area contributed by atoms with E-state index in [9.17, 15) is 0 Å². The number of hydrogen-bond acceptors (Lipinski definition) is 2. The Hall–Kier alpha value is -5.99. The minimum Gasteiger partial charge on any atom is -0.349 e. The van der Waals surface area contributed by atoms with Crippen molar-refractivity contribution in [2.24, 2.45) is 4.99 Å². The van der Waals surface area contributed by atoms with Crippen molar-refractivity contribution < 1.29 is 0 Å². The van der Waals surface area contributed by atoms with Gasteiger partial charge in [-0.05, 0) is 122 Å². The molecule has 2 aliphatic rings. The van der Waals surface area contributed by atoms with Crippen molar-refractivity contribution in [3.8, 4) is 0 Å². The summed E-state index contributed by atoms with van der Waals surface area (Å²) in [5.74, 6) is 0.966. The first kappa shape index (κ1) is 32.0. The molecule has 52 heavy (non-hydrogen) atoms. The quantitative estimate of drug-likeness (QED) is 0.161. The highest BCUT2D eigenvalue weighted by atomic mass is 15.2. The molecule has 0 spiro atoms. The second kappa shape index (κ2) is 13.3. The SMILES string of the molecule is C=C(c1ccc(C2=NC(c3cc4c(c5ccccc35)CCCC4)=CC(c3cc4ccccc4c4ccccc34)N2C)cc1)c1ccccc1/C=C\C. The number of fused-ring (bicyclic) bond motifs is 6. The van der Waals surface area contributed by atoms with Crippen LogP contribution in [0.5, 0.6) is 0 Å². The lowest BCUT2D eigenvalue weighted by molar-refractivity contribution is 0.437. The predicted octanol–water partition coefficient (Wildman–Crippen LogP) is 12.6. The third-order valence-electron chi connectivity index (χ3n) is 11.2. The smallest absolute Gasteiger partial charge is 0.137 e. The van der Waals surface area contributed by atoms with E-state index in [0.29, 0.717) is 0 Å². The van der Waals surface area contributed by atoms with E-state index in [0.717, 1.165) is 46.6 Å². The van der Waals surface area contributed by atoms with Crippen LogP contribution in [0, 0.1) is 0 Å².